The van der Waals surface area contributed by atoms with Crippen LogP contribution < -0.4 is 0 Å². The number of hydrogen-bond donors (Lipinski definition) is 1. The van der Waals surface area contributed by atoms with Gasteiger partial charge in [-0.15, -0.1) is 0 Å². The van der Waals surface area contributed by atoms with E-state index in [1.54, 1.807) is 0 Å². The molecule has 32 heavy (non-hydrogen) atoms. The fourth-order valence-electron chi connectivity index (χ4n) is 4.74. The zero-order valence-electron chi connectivity index (χ0n) is 22.1. The van der Waals surface area contributed by atoms with Gasteiger partial charge in [-0.2, -0.15) is 0 Å². The van der Waals surface area contributed by atoms with Crippen molar-refractivity contribution in [3.63, 3.8) is 0 Å². The molecule has 0 saturated heterocycles. The molecular weight excluding hydrogens is 396 g/mol. The highest BCUT2D eigenvalue weighted by atomic mass is 16.7. The summed E-state index contributed by atoms with van der Waals surface area (Å²) in [5.41, 5.74) is 3.03. The first-order valence-electron chi connectivity index (χ1n) is 13.6. The largest absolute Gasteiger partial charge is 0.392 e. The predicted octanol–water partition coefficient (Wildman–Crippen LogP) is 8.37. The molecule has 1 saturated carbocycles. The maximum atomic E-state index is 9.10. The molecule has 188 valence electrons. The van der Waals surface area contributed by atoms with Crippen molar-refractivity contribution in [2.45, 2.75) is 131 Å². The maximum Gasteiger partial charge on any atom is 0.147 e. The lowest BCUT2D eigenvalue weighted by molar-refractivity contribution is -0.0914. The van der Waals surface area contributed by atoms with Crippen molar-refractivity contribution in [3.8, 4) is 0 Å². The summed E-state index contributed by atoms with van der Waals surface area (Å²) in [6, 6.07) is 0. The van der Waals surface area contributed by atoms with Crippen LogP contribution in [-0.2, 0) is 9.47 Å². The first-order chi connectivity index (χ1) is 15.5. The van der Waals surface area contributed by atoms with Gasteiger partial charge in [-0.1, -0.05) is 96.3 Å². The first kappa shape index (κ1) is 29.4. The highest BCUT2D eigenvalue weighted by Gasteiger charge is 2.33. The number of allylic oxidation sites excluding steroid dienone is 3. The van der Waals surface area contributed by atoms with E-state index >= 15 is 0 Å². The number of aliphatic hydroxyl groups is 1. The minimum Gasteiger partial charge on any atom is -0.392 e. The fraction of sp³-hybridized carbons (Fsp3) is 0.862. The molecule has 0 bridgehead atoms. The standard InChI is InChI=1S/C15H30O2.C14H24O/c1-2-16-14-17-15-12-10-8-6-4-3-5-7-9-11-13-15;1-5-12(10-15)7-9-13-8-6-11(2)14(13,3)4/h15H,2-14H2,1H3;6-7,13,15H,5,8-10H2,1-4H3. The summed E-state index contributed by atoms with van der Waals surface area (Å²) in [6.45, 7) is 12.5. The summed E-state index contributed by atoms with van der Waals surface area (Å²) in [7, 11) is 0. The lowest BCUT2D eigenvalue weighted by atomic mass is 9.76. The minimum atomic E-state index is 0.218. The van der Waals surface area contributed by atoms with Crippen molar-refractivity contribution in [2.75, 3.05) is 20.0 Å². The van der Waals surface area contributed by atoms with Gasteiger partial charge in [0.25, 0.3) is 0 Å². The van der Waals surface area contributed by atoms with E-state index in [2.05, 4.69) is 39.8 Å². The lowest BCUT2D eigenvalue weighted by Crippen LogP contribution is -2.19. The zero-order valence-corrected chi connectivity index (χ0v) is 22.1. The van der Waals surface area contributed by atoms with Crippen LogP contribution in [0.2, 0.25) is 0 Å². The average molecular weight is 451 g/mol. The van der Waals surface area contributed by atoms with E-state index < -0.39 is 0 Å². The minimum absolute atomic E-state index is 0.218. The van der Waals surface area contributed by atoms with E-state index in [-0.39, 0.29) is 6.61 Å². The van der Waals surface area contributed by atoms with Crippen molar-refractivity contribution in [2.24, 2.45) is 11.3 Å². The predicted molar refractivity (Wildman–Crippen MR) is 138 cm³/mol. The van der Waals surface area contributed by atoms with Crippen LogP contribution >= 0.6 is 0 Å². The number of ether oxygens (including phenoxy) is 2. The average Bonchev–Trinajstić information content (AvgIpc) is 3.03. The first-order valence-corrected chi connectivity index (χ1v) is 13.6. The third-order valence-electron chi connectivity index (χ3n) is 7.74. The Morgan fingerprint density at radius 2 is 1.56 bits per heavy atom. The van der Waals surface area contributed by atoms with Gasteiger partial charge in [0, 0.05) is 6.61 Å². The second-order valence-corrected chi connectivity index (χ2v) is 10.3. The molecule has 0 spiro atoms. The molecule has 0 radical (unpaired) electrons. The van der Waals surface area contributed by atoms with E-state index in [4.69, 9.17) is 14.6 Å². The molecule has 1 N–H and O–H groups in total. The molecule has 0 aliphatic heterocycles. The molecule has 2 aliphatic carbocycles. The SMILES string of the molecule is CCC(=CCC1CC=C(C)C1(C)C)CO.CCOCOC1CCCCCCCCCCC1. The van der Waals surface area contributed by atoms with Crippen LogP contribution in [0.15, 0.2) is 23.3 Å². The van der Waals surface area contributed by atoms with Gasteiger partial charge in [0.15, 0.2) is 0 Å². The van der Waals surface area contributed by atoms with Gasteiger partial charge in [0.2, 0.25) is 0 Å². The Morgan fingerprint density at radius 3 is 2.00 bits per heavy atom. The van der Waals surface area contributed by atoms with Crippen LogP contribution in [0.5, 0.6) is 0 Å². The van der Waals surface area contributed by atoms with Gasteiger partial charge >= 0.3 is 0 Å². The van der Waals surface area contributed by atoms with Crippen LogP contribution in [0, 0.1) is 11.3 Å². The second kappa shape index (κ2) is 17.8. The Morgan fingerprint density at radius 1 is 1.00 bits per heavy atom. The molecule has 0 aromatic rings. The molecule has 0 aromatic heterocycles. The third-order valence-corrected chi connectivity index (χ3v) is 7.74. The number of aliphatic hydroxyl groups excluding tert-OH is 1. The molecule has 3 heteroatoms. The van der Waals surface area contributed by atoms with Crippen molar-refractivity contribution in [1.82, 2.24) is 0 Å². The van der Waals surface area contributed by atoms with Gasteiger partial charge in [-0.05, 0) is 62.9 Å². The molecule has 1 atom stereocenters. The summed E-state index contributed by atoms with van der Waals surface area (Å²) in [5, 5.41) is 9.10. The topological polar surface area (TPSA) is 38.7 Å². The Labute approximate surface area is 200 Å². The smallest absolute Gasteiger partial charge is 0.147 e. The molecule has 3 nitrogen and oxygen atoms in total. The van der Waals surface area contributed by atoms with Crippen LogP contribution in [0.4, 0.5) is 0 Å². The Bertz CT molecular complexity index is 502. The van der Waals surface area contributed by atoms with Crippen LogP contribution in [0.1, 0.15) is 125 Å². The molecule has 0 aromatic carbocycles. The number of hydrogen-bond acceptors (Lipinski definition) is 3. The molecule has 2 rings (SSSR count). The summed E-state index contributed by atoms with van der Waals surface area (Å²) in [6.07, 6.45) is 23.3. The summed E-state index contributed by atoms with van der Waals surface area (Å²) < 4.78 is 11.1. The highest BCUT2D eigenvalue weighted by Crippen LogP contribution is 2.44. The van der Waals surface area contributed by atoms with Crippen molar-refractivity contribution in [1.29, 1.82) is 0 Å². The molecule has 0 amide bonds. The molecule has 1 unspecified atom stereocenters. The lowest BCUT2D eigenvalue weighted by Gasteiger charge is -2.29. The quantitative estimate of drug-likeness (QED) is 0.229. The number of rotatable bonds is 8. The molecule has 0 heterocycles. The van der Waals surface area contributed by atoms with Crippen LogP contribution in [-0.4, -0.2) is 31.2 Å². The van der Waals surface area contributed by atoms with Crippen LogP contribution in [0.3, 0.4) is 0 Å². The Kier molecular flexibility index (Phi) is 16.3. The van der Waals surface area contributed by atoms with E-state index in [9.17, 15) is 0 Å². The van der Waals surface area contributed by atoms with E-state index in [0.717, 1.165) is 19.4 Å². The normalized spacial score (nSPS) is 23.5. The molecule has 2 aliphatic rings. The molecule has 1 fully saturated rings. The van der Waals surface area contributed by atoms with Gasteiger partial charge in [0.1, 0.15) is 6.79 Å². The third kappa shape index (κ3) is 12.0. The maximum absolute atomic E-state index is 9.10. The zero-order chi connectivity index (χ0) is 23.7. The summed E-state index contributed by atoms with van der Waals surface area (Å²) in [5.74, 6) is 0.714. The van der Waals surface area contributed by atoms with Crippen molar-refractivity contribution >= 4 is 0 Å². The van der Waals surface area contributed by atoms with Crippen molar-refractivity contribution < 1.29 is 14.6 Å². The Hall–Kier alpha value is -0.640. The van der Waals surface area contributed by atoms with E-state index in [1.165, 1.54) is 88.2 Å². The Balaban J connectivity index is 0.000000323. The fourth-order valence-corrected chi connectivity index (χ4v) is 4.74. The summed E-state index contributed by atoms with van der Waals surface area (Å²) in [4.78, 5) is 0. The second-order valence-electron chi connectivity index (χ2n) is 10.3. The summed E-state index contributed by atoms with van der Waals surface area (Å²) >= 11 is 0. The highest BCUT2D eigenvalue weighted by molar-refractivity contribution is 5.19. The van der Waals surface area contributed by atoms with E-state index in [1.807, 2.05) is 6.92 Å². The monoisotopic (exact) mass is 450 g/mol. The van der Waals surface area contributed by atoms with E-state index in [0.29, 0.717) is 24.2 Å². The van der Waals surface area contributed by atoms with Gasteiger partial charge in [-0.3, -0.25) is 0 Å². The van der Waals surface area contributed by atoms with Gasteiger partial charge in [0.05, 0.1) is 12.7 Å². The van der Waals surface area contributed by atoms with Crippen molar-refractivity contribution in [3.05, 3.63) is 23.3 Å². The molecular formula is C29H54O3. The van der Waals surface area contributed by atoms with Gasteiger partial charge < -0.3 is 14.6 Å². The van der Waals surface area contributed by atoms with Gasteiger partial charge in [-0.25, -0.2) is 0 Å². The van der Waals surface area contributed by atoms with Crippen LogP contribution in [0.25, 0.3) is 0 Å².